The van der Waals surface area contributed by atoms with E-state index in [-0.39, 0.29) is 11.8 Å². The molecule has 6 nitrogen and oxygen atoms in total. The number of anilines is 2. The normalized spacial score (nSPS) is 13.6. The lowest BCUT2D eigenvalue weighted by Crippen LogP contribution is -2.28. The summed E-state index contributed by atoms with van der Waals surface area (Å²) in [5, 5.41) is 6.22. The number of pyridine rings is 1. The highest BCUT2D eigenvalue weighted by atomic mass is 16.5. The molecule has 1 saturated carbocycles. The van der Waals surface area contributed by atoms with Gasteiger partial charge in [-0.15, -0.1) is 0 Å². The second-order valence-electron chi connectivity index (χ2n) is 6.49. The highest BCUT2D eigenvalue weighted by Gasteiger charge is 2.25. The lowest BCUT2D eigenvalue weighted by molar-refractivity contribution is -0.122. The van der Waals surface area contributed by atoms with Crippen LogP contribution in [0.2, 0.25) is 0 Å². The zero-order valence-electron chi connectivity index (χ0n) is 15.0. The number of nitrogens with one attached hydrogen (secondary N) is 2. The fourth-order valence-electron chi connectivity index (χ4n) is 2.85. The lowest BCUT2D eigenvalue weighted by atomic mass is 9.85. The standard InChI is InChI=1S/C20H23N3O3/c1-13-17(20(25)26-2)9-10-18(22-13)21-12-14-5-3-8-16(11-14)23-19(24)15-6-4-7-15/h3,5,8-11,15H,4,6-7,12H2,1-2H3,(H,21,22)(H,23,24). The lowest BCUT2D eigenvalue weighted by Gasteiger charge is -2.24. The average Bonchev–Trinajstić information content (AvgIpc) is 2.58. The van der Waals surface area contributed by atoms with Crippen LogP contribution < -0.4 is 10.6 Å². The van der Waals surface area contributed by atoms with E-state index in [2.05, 4.69) is 15.6 Å². The number of rotatable bonds is 6. The third-order valence-electron chi connectivity index (χ3n) is 4.64. The second kappa shape index (κ2) is 7.99. The van der Waals surface area contributed by atoms with E-state index in [0.29, 0.717) is 23.6 Å². The van der Waals surface area contributed by atoms with Gasteiger partial charge in [0.15, 0.2) is 0 Å². The Balaban J connectivity index is 1.61. The summed E-state index contributed by atoms with van der Waals surface area (Å²) in [7, 11) is 1.35. The fraction of sp³-hybridized carbons (Fsp3) is 0.350. The number of ether oxygens (including phenoxy) is 1. The third kappa shape index (κ3) is 4.20. The second-order valence-corrected chi connectivity index (χ2v) is 6.49. The Bertz CT molecular complexity index is 816. The highest BCUT2D eigenvalue weighted by molar-refractivity contribution is 5.93. The highest BCUT2D eigenvalue weighted by Crippen LogP contribution is 2.27. The molecule has 136 valence electrons. The fourth-order valence-corrected chi connectivity index (χ4v) is 2.85. The molecule has 0 aliphatic heterocycles. The number of aromatic nitrogens is 1. The van der Waals surface area contributed by atoms with Crippen LogP contribution in [0.3, 0.4) is 0 Å². The van der Waals surface area contributed by atoms with E-state index >= 15 is 0 Å². The maximum Gasteiger partial charge on any atom is 0.339 e. The maximum atomic E-state index is 12.1. The molecular formula is C20H23N3O3. The predicted molar refractivity (Wildman–Crippen MR) is 100 cm³/mol. The van der Waals surface area contributed by atoms with Crippen molar-refractivity contribution in [3.05, 3.63) is 53.2 Å². The molecule has 1 aromatic heterocycles. The Morgan fingerprint density at radius 2 is 2.04 bits per heavy atom. The van der Waals surface area contributed by atoms with Gasteiger partial charge in [0, 0.05) is 18.2 Å². The van der Waals surface area contributed by atoms with Gasteiger partial charge in [0.1, 0.15) is 5.82 Å². The Morgan fingerprint density at radius 1 is 1.23 bits per heavy atom. The Labute approximate surface area is 153 Å². The summed E-state index contributed by atoms with van der Waals surface area (Å²) in [5.41, 5.74) is 2.92. The van der Waals surface area contributed by atoms with Crippen LogP contribution in [0.15, 0.2) is 36.4 Å². The average molecular weight is 353 g/mol. The minimum absolute atomic E-state index is 0.108. The number of aryl methyl sites for hydroxylation is 1. The summed E-state index contributed by atoms with van der Waals surface area (Å²) in [6.45, 7) is 2.34. The predicted octanol–water partition coefficient (Wildman–Crippen LogP) is 3.53. The first-order valence-electron chi connectivity index (χ1n) is 8.76. The summed E-state index contributed by atoms with van der Waals surface area (Å²) in [4.78, 5) is 28.1. The Hall–Kier alpha value is -2.89. The van der Waals surface area contributed by atoms with Crippen molar-refractivity contribution in [2.24, 2.45) is 5.92 Å². The van der Waals surface area contributed by atoms with Crippen molar-refractivity contribution >= 4 is 23.4 Å². The number of methoxy groups -OCH3 is 1. The van der Waals surface area contributed by atoms with Crippen LogP contribution in [-0.2, 0) is 16.1 Å². The van der Waals surface area contributed by atoms with Gasteiger partial charge in [-0.05, 0) is 49.6 Å². The van der Waals surface area contributed by atoms with E-state index in [4.69, 9.17) is 4.74 Å². The molecule has 0 radical (unpaired) electrons. The molecule has 1 aliphatic rings. The van der Waals surface area contributed by atoms with E-state index in [9.17, 15) is 9.59 Å². The van der Waals surface area contributed by atoms with E-state index in [0.717, 1.165) is 30.5 Å². The summed E-state index contributed by atoms with van der Waals surface area (Å²) < 4.78 is 4.73. The van der Waals surface area contributed by atoms with E-state index < -0.39 is 5.97 Å². The van der Waals surface area contributed by atoms with E-state index in [1.807, 2.05) is 24.3 Å². The van der Waals surface area contributed by atoms with Gasteiger partial charge in [0.2, 0.25) is 5.91 Å². The molecule has 0 atom stereocenters. The van der Waals surface area contributed by atoms with Gasteiger partial charge >= 0.3 is 5.97 Å². The first-order valence-corrected chi connectivity index (χ1v) is 8.76. The number of hydrogen-bond acceptors (Lipinski definition) is 5. The van der Waals surface area contributed by atoms with Crippen LogP contribution in [0.1, 0.15) is 40.9 Å². The zero-order chi connectivity index (χ0) is 18.5. The van der Waals surface area contributed by atoms with Gasteiger partial charge in [-0.1, -0.05) is 18.6 Å². The number of carbonyl (C=O) groups is 2. The van der Waals surface area contributed by atoms with Crippen LogP contribution in [-0.4, -0.2) is 24.0 Å². The van der Waals surface area contributed by atoms with E-state index in [1.165, 1.54) is 7.11 Å². The first kappa shape index (κ1) is 17.9. The maximum absolute atomic E-state index is 12.1. The van der Waals surface area contributed by atoms with Crippen molar-refractivity contribution < 1.29 is 14.3 Å². The van der Waals surface area contributed by atoms with Crippen molar-refractivity contribution in [2.45, 2.75) is 32.7 Å². The molecule has 0 saturated heterocycles. The number of hydrogen-bond donors (Lipinski definition) is 2. The van der Waals surface area contributed by atoms with Crippen LogP contribution >= 0.6 is 0 Å². The number of carbonyl (C=O) groups excluding carboxylic acids is 2. The molecule has 1 fully saturated rings. The molecule has 2 N–H and O–H groups in total. The summed E-state index contributed by atoms with van der Waals surface area (Å²) in [6, 6.07) is 11.2. The van der Waals surface area contributed by atoms with Crippen molar-refractivity contribution in [3.63, 3.8) is 0 Å². The van der Waals surface area contributed by atoms with Gasteiger partial charge in [-0.3, -0.25) is 4.79 Å². The Kier molecular flexibility index (Phi) is 5.51. The Morgan fingerprint density at radius 3 is 2.69 bits per heavy atom. The van der Waals surface area contributed by atoms with Gasteiger partial charge in [-0.25, -0.2) is 9.78 Å². The minimum Gasteiger partial charge on any atom is -0.465 e. The van der Waals surface area contributed by atoms with Crippen molar-refractivity contribution in [1.29, 1.82) is 0 Å². The number of esters is 1. The molecule has 1 aliphatic carbocycles. The van der Waals surface area contributed by atoms with Crippen molar-refractivity contribution in [2.75, 3.05) is 17.7 Å². The van der Waals surface area contributed by atoms with Gasteiger partial charge in [-0.2, -0.15) is 0 Å². The molecule has 2 aromatic rings. The quantitative estimate of drug-likeness (QED) is 0.777. The monoisotopic (exact) mass is 353 g/mol. The van der Waals surface area contributed by atoms with Crippen LogP contribution in [0, 0.1) is 12.8 Å². The number of nitrogens with zero attached hydrogens (tertiary/aromatic N) is 1. The molecule has 1 amide bonds. The molecule has 1 heterocycles. The minimum atomic E-state index is -0.392. The molecule has 3 rings (SSSR count). The smallest absolute Gasteiger partial charge is 0.339 e. The SMILES string of the molecule is COC(=O)c1ccc(NCc2cccc(NC(=O)C3CCC3)c2)nc1C. The topological polar surface area (TPSA) is 80.3 Å². The molecule has 26 heavy (non-hydrogen) atoms. The molecule has 1 aromatic carbocycles. The van der Waals surface area contributed by atoms with Crippen LogP contribution in [0.5, 0.6) is 0 Å². The van der Waals surface area contributed by atoms with Gasteiger partial charge < -0.3 is 15.4 Å². The van der Waals surface area contributed by atoms with Crippen LogP contribution in [0.4, 0.5) is 11.5 Å². The van der Waals surface area contributed by atoms with Gasteiger partial charge in [0.25, 0.3) is 0 Å². The van der Waals surface area contributed by atoms with Crippen LogP contribution in [0.25, 0.3) is 0 Å². The van der Waals surface area contributed by atoms with E-state index in [1.54, 1.807) is 19.1 Å². The molecule has 0 bridgehead atoms. The molecule has 0 spiro atoms. The third-order valence-corrected chi connectivity index (χ3v) is 4.64. The summed E-state index contributed by atoms with van der Waals surface area (Å²) >= 11 is 0. The molecular weight excluding hydrogens is 330 g/mol. The number of amides is 1. The largest absolute Gasteiger partial charge is 0.465 e. The van der Waals surface area contributed by atoms with Crippen molar-refractivity contribution in [1.82, 2.24) is 4.98 Å². The zero-order valence-corrected chi connectivity index (χ0v) is 15.0. The van der Waals surface area contributed by atoms with Crippen molar-refractivity contribution in [3.8, 4) is 0 Å². The molecule has 0 unspecified atom stereocenters. The first-order chi connectivity index (χ1) is 12.6. The summed E-state index contributed by atoms with van der Waals surface area (Å²) in [6.07, 6.45) is 3.11. The number of benzene rings is 1. The molecule has 6 heteroatoms. The van der Waals surface area contributed by atoms with Gasteiger partial charge in [0.05, 0.1) is 18.4 Å². The summed E-state index contributed by atoms with van der Waals surface area (Å²) in [5.74, 6) is 0.560.